The summed E-state index contributed by atoms with van der Waals surface area (Å²) in [5, 5.41) is 0. The maximum absolute atomic E-state index is 5.34. The smallest absolute Gasteiger partial charge is 0.0735 e. The van der Waals surface area contributed by atoms with E-state index in [9.17, 15) is 0 Å². The third-order valence-corrected chi connectivity index (χ3v) is 13.2. The van der Waals surface area contributed by atoms with Gasteiger partial charge in [0, 0.05) is 31.9 Å². The molecule has 1 aromatic heterocycles. The van der Waals surface area contributed by atoms with Gasteiger partial charge in [-0.25, -0.2) is 4.98 Å². The van der Waals surface area contributed by atoms with Gasteiger partial charge >= 0.3 is 0 Å². The summed E-state index contributed by atoms with van der Waals surface area (Å²) in [4.78, 5) is 8.03. The molecule has 2 heterocycles. The van der Waals surface area contributed by atoms with E-state index in [0.717, 1.165) is 22.5 Å². The highest BCUT2D eigenvalue weighted by atomic mass is 32.2. The Morgan fingerprint density at radius 1 is 0.396 bits per heavy atom. The lowest BCUT2D eigenvalue weighted by Crippen LogP contribution is -2.32. The molecule has 53 heavy (non-hydrogen) atoms. The second kappa shape index (κ2) is 11.3. The molecule has 7 aromatic carbocycles. The average molecular weight is 694 g/mol. The van der Waals surface area contributed by atoms with Gasteiger partial charge in [0.1, 0.15) is 0 Å². The first-order valence-electron chi connectivity index (χ1n) is 18.5. The average Bonchev–Trinajstić information content (AvgIpc) is 3.64. The van der Waals surface area contributed by atoms with Gasteiger partial charge in [-0.05, 0) is 85.5 Å². The lowest BCUT2D eigenvalue weighted by molar-refractivity contribution is 0.656. The predicted octanol–water partition coefficient (Wildman–Crippen LogP) is 13.2. The van der Waals surface area contributed by atoms with Gasteiger partial charge in [0.2, 0.25) is 0 Å². The van der Waals surface area contributed by atoms with E-state index < -0.39 is 5.41 Å². The molecule has 0 bridgehead atoms. The van der Waals surface area contributed by atoms with Gasteiger partial charge in [0.15, 0.2) is 0 Å². The molecule has 11 rings (SSSR count). The molecule has 0 atom stereocenters. The summed E-state index contributed by atoms with van der Waals surface area (Å²) in [6, 6.07) is 65.0. The fraction of sp³-hybridized carbons (Fsp3) is 0.0784. The Balaban J connectivity index is 1.17. The van der Waals surface area contributed by atoms with E-state index in [2.05, 4.69) is 190 Å². The Morgan fingerprint density at radius 2 is 0.943 bits per heavy atom. The highest BCUT2D eigenvalue weighted by Crippen LogP contribution is 2.65. The second-order valence-electron chi connectivity index (χ2n) is 15.0. The number of hydrogen-bond acceptors (Lipinski definition) is 2. The monoisotopic (exact) mass is 693 g/mol. The van der Waals surface area contributed by atoms with Crippen LogP contribution >= 0.6 is 11.8 Å². The number of fused-ring (bicyclic) bond motifs is 13. The minimum absolute atomic E-state index is 0.150. The Kier molecular flexibility index (Phi) is 6.52. The number of pyridine rings is 1. The highest BCUT2D eigenvalue weighted by Gasteiger charge is 2.52. The SMILES string of the molecule is CC1(C)c2ccc(-c3cc(-c4ccccc4)cc(-c4ccccc4)n3)cc2-c2c1ccc1c2Sc2ccccc2C12c1ccccc1-c1ccccc12. The van der Waals surface area contributed by atoms with E-state index in [0.29, 0.717) is 0 Å². The molecule has 0 radical (unpaired) electrons. The maximum atomic E-state index is 5.34. The van der Waals surface area contributed by atoms with Crippen LogP contribution in [0.15, 0.2) is 186 Å². The van der Waals surface area contributed by atoms with E-state index in [1.807, 2.05) is 11.8 Å². The quantitative estimate of drug-likeness (QED) is 0.183. The van der Waals surface area contributed by atoms with Crippen LogP contribution in [0.1, 0.15) is 47.2 Å². The van der Waals surface area contributed by atoms with Crippen LogP contribution < -0.4 is 0 Å². The molecule has 1 spiro atoms. The van der Waals surface area contributed by atoms with Crippen molar-refractivity contribution in [3.05, 3.63) is 209 Å². The standard InChI is InChI=1S/C51H35NS/c1-50(2)39-26-25-34(46-31-35(32-15-5-3-6-16-32)30-45(52-46)33-17-7-4-8-18-33)29-38(39)48-43(50)27-28-44-49(48)53-47-24-14-13-23-42(47)51(44)40-21-11-9-19-36(40)37-20-10-12-22-41(37)51/h3-31H,1-2H3. The van der Waals surface area contributed by atoms with Gasteiger partial charge in [-0.2, -0.15) is 0 Å². The molecule has 8 aromatic rings. The zero-order valence-electron chi connectivity index (χ0n) is 29.6. The molecule has 0 fully saturated rings. The molecule has 2 heteroatoms. The first-order valence-corrected chi connectivity index (χ1v) is 19.3. The summed E-state index contributed by atoms with van der Waals surface area (Å²) in [6.07, 6.45) is 0. The fourth-order valence-electron chi connectivity index (χ4n) is 9.54. The van der Waals surface area contributed by atoms with Crippen LogP contribution in [0.5, 0.6) is 0 Å². The van der Waals surface area contributed by atoms with Gasteiger partial charge in [0.05, 0.1) is 16.8 Å². The van der Waals surface area contributed by atoms with Gasteiger partial charge in [-0.1, -0.05) is 177 Å². The number of aromatic nitrogens is 1. The minimum atomic E-state index is -0.403. The van der Waals surface area contributed by atoms with E-state index in [1.165, 1.54) is 76.6 Å². The number of nitrogens with zero attached hydrogens (tertiary/aromatic N) is 1. The summed E-state index contributed by atoms with van der Waals surface area (Å²) in [5.41, 5.74) is 19.6. The zero-order chi connectivity index (χ0) is 35.3. The normalized spacial score (nSPS) is 14.8. The molecular formula is C51H35NS. The van der Waals surface area contributed by atoms with Crippen molar-refractivity contribution in [2.45, 2.75) is 34.5 Å². The van der Waals surface area contributed by atoms with Crippen LogP contribution in [0.2, 0.25) is 0 Å². The van der Waals surface area contributed by atoms with E-state index in [-0.39, 0.29) is 5.41 Å². The Hall–Kier alpha value is -5.96. The summed E-state index contributed by atoms with van der Waals surface area (Å²) in [6.45, 7) is 4.78. The Morgan fingerprint density at radius 3 is 1.64 bits per heavy atom. The van der Waals surface area contributed by atoms with E-state index >= 15 is 0 Å². The number of hydrogen-bond donors (Lipinski definition) is 0. The molecular weight excluding hydrogens is 659 g/mol. The number of benzene rings is 7. The Bertz CT molecular complexity index is 2670. The minimum Gasteiger partial charge on any atom is -0.248 e. The summed E-state index contributed by atoms with van der Waals surface area (Å²) >= 11 is 1.95. The van der Waals surface area contributed by atoms with Crippen LogP contribution in [0.25, 0.3) is 55.9 Å². The predicted molar refractivity (Wildman–Crippen MR) is 220 cm³/mol. The lowest BCUT2D eigenvalue weighted by atomic mass is 9.66. The third-order valence-electron chi connectivity index (χ3n) is 12.0. The van der Waals surface area contributed by atoms with Crippen molar-refractivity contribution in [2.24, 2.45) is 0 Å². The summed E-state index contributed by atoms with van der Waals surface area (Å²) < 4.78 is 0. The van der Waals surface area contributed by atoms with Gasteiger partial charge in [-0.3, -0.25) is 0 Å². The maximum Gasteiger partial charge on any atom is 0.0735 e. The van der Waals surface area contributed by atoms with E-state index in [4.69, 9.17) is 4.98 Å². The fourth-order valence-corrected chi connectivity index (χ4v) is 10.9. The lowest BCUT2D eigenvalue weighted by Gasteiger charge is -2.40. The van der Waals surface area contributed by atoms with E-state index in [1.54, 1.807) is 0 Å². The van der Waals surface area contributed by atoms with Crippen LogP contribution in [0.4, 0.5) is 0 Å². The molecule has 0 N–H and O–H groups in total. The molecule has 0 unspecified atom stereocenters. The molecule has 0 saturated heterocycles. The molecule has 1 nitrogen and oxygen atoms in total. The van der Waals surface area contributed by atoms with Crippen molar-refractivity contribution in [3.63, 3.8) is 0 Å². The summed E-state index contributed by atoms with van der Waals surface area (Å²) in [5.74, 6) is 0. The molecule has 250 valence electrons. The van der Waals surface area contributed by atoms with Crippen LogP contribution in [0, 0.1) is 0 Å². The molecule has 0 saturated carbocycles. The van der Waals surface area contributed by atoms with Crippen LogP contribution in [0.3, 0.4) is 0 Å². The molecule has 0 amide bonds. The van der Waals surface area contributed by atoms with Gasteiger partial charge in [-0.15, -0.1) is 0 Å². The molecule has 1 aliphatic heterocycles. The number of rotatable bonds is 3. The van der Waals surface area contributed by atoms with Crippen molar-refractivity contribution in [1.29, 1.82) is 0 Å². The van der Waals surface area contributed by atoms with Crippen molar-refractivity contribution in [1.82, 2.24) is 4.98 Å². The van der Waals surface area contributed by atoms with Crippen molar-refractivity contribution in [2.75, 3.05) is 0 Å². The van der Waals surface area contributed by atoms with Crippen molar-refractivity contribution in [3.8, 4) is 55.9 Å². The third kappa shape index (κ3) is 4.24. The second-order valence-corrected chi connectivity index (χ2v) is 16.1. The van der Waals surface area contributed by atoms with Gasteiger partial charge in [0.25, 0.3) is 0 Å². The van der Waals surface area contributed by atoms with Crippen LogP contribution in [-0.2, 0) is 10.8 Å². The topological polar surface area (TPSA) is 12.9 Å². The Labute approximate surface area is 315 Å². The van der Waals surface area contributed by atoms with Crippen LogP contribution in [-0.4, -0.2) is 4.98 Å². The first kappa shape index (κ1) is 30.6. The zero-order valence-corrected chi connectivity index (χ0v) is 30.4. The van der Waals surface area contributed by atoms with Crippen molar-refractivity contribution < 1.29 is 0 Å². The molecule has 2 aliphatic carbocycles. The summed E-state index contributed by atoms with van der Waals surface area (Å²) in [7, 11) is 0. The van der Waals surface area contributed by atoms with Crippen molar-refractivity contribution >= 4 is 11.8 Å². The molecule has 3 aliphatic rings. The highest BCUT2D eigenvalue weighted by molar-refractivity contribution is 7.99. The first-order chi connectivity index (χ1) is 26.0. The largest absolute Gasteiger partial charge is 0.248 e. The van der Waals surface area contributed by atoms with Gasteiger partial charge < -0.3 is 0 Å².